The van der Waals surface area contributed by atoms with E-state index in [0.717, 1.165) is 17.7 Å². The minimum absolute atomic E-state index is 0.0495. The van der Waals surface area contributed by atoms with Crippen molar-refractivity contribution in [1.82, 2.24) is 0 Å². The third-order valence-electron chi connectivity index (χ3n) is 2.81. The number of methoxy groups -OCH3 is 1. The first-order valence-electron chi connectivity index (χ1n) is 5.72. The van der Waals surface area contributed by atoms with Gasteiger partial charge in [0.25, 0.3) is 0 Å². The molecule has 0 bridgehead atoms. The molecular weight excluding hydrogens is 270 g/mol. The van der Waals surface area contributed by atoms with Crippen LogP contribution in [0.4, 0.5) is 8.78 Å². The van der Waals surface area contributed by atoms with Crippen LogP contribution in [-0.2, 0) is 6.42 Å². The van der Waals surface area contributed by atoms with Gasteiger partial charge in [0.05, 0.1) is 17.6 Å². The molecule has 0 fully saturated rings. The van der Waals surface area contributed by atoms with Crippen LogP contribution in [0.25, 0.3) is 0 Å². The molecule has 0 unspecified atom stereocenters. The molecule has 0 spiro atoms. The SMILES string of the molecule is CCc1ccsc1C(=O)c1c(F)cc(OC)cc1F. The molecule has 0 radical (unpaired) electrons. The number of ether oxygens (including phenoxy) is 1. The van der Waals surface area contributed by atoms with Crippen LogP contribution in [0, 0.1) is 11.6 Å². The lowest BCUT2D eigenvalue weighted by molar-refractivity contribution is 0.103. The maximum absolute atomic E-state index is 13.8. The zero-order valence-corrected chi connectivity index (χ0v) is 11.3. The summed E-state index contributed by atoms with van der Waals surface area (Å²) < 4.78 is 32.4. The Morgan fingerprint density at radius 2 is 1.95 bits per heavy atom. The molecule has 0 saturated heterocycles. The van der Waals surface area contributed by atoms with E-state index in [0.29, 0.717) is 11.3 Å². The van der Waals surface area contributed by atoms with Crippen molar-refractivity contribution in [2.24, 2.45) is 0 Å². The van der Waals surface area contributed by atoms with Gasteiger partial charge in [0.15, 0.2) is 0 Å². The summed E-state index contributed by atoms with van der Waals surface area (Å²) >= 11 is 1.19. The van der Waals surface area contributed by atoms with E-state index in [-0.39, 0.29) is 5.75 Å². The van der Waals surface area contributed by atoms with Gasteiger partial charge in [-0.25, -0.2) is 8.78 Å². The summed E-state index contributed by atoms with van der Waals surface area (Å²) in [7, 11) is 1.31. The highest BCUT2D eigenvalue weighted by atomic mass is 32.1. The molecule has 0 aliphatic heterocycles. The van der Waals surface area contributed by atoms with Crippen molar-refractivity contribution in [2.75, 3.05) is 7.11 Å². The molecule has 100 valence electrons. The van der Waals surface area contributed by atoms with Crippen molar-refractivity contribution in [3.05, 3.63) is 51.2 Å². The number of hydrogen-bond donors (Lipinski definition) is 0. The van der Waals surface area contributed by atoms with Gasteiger partial charge < -0.3 is 4.74 Å². The van der Waals surface area contributed by atoms with Crippen LogP contribution >= 0.6 is 11.3 Å². The molecule has 0 aliphatic rings. The topological polar surface area (TPSA) is 26.3 Å². The largest absolute Gasteiger partial charge is 0.497 e. The molecule has 19 heavy (non-hydrogen) atoms. The summed E-state index contributed by atoms with van der Waals surface area (Å²) in [5, 5.41) is 1.74. The quantitative estimate of drug-likeness (QED) is 0.797. The number of halogens is 2. The Bertz CT molecular complexity index is 597. The van der Waals surface area contributed by atoms with Gasteiger partial charge in [-0.15, -0.1) is 11.3 Å². The summed E-state index contributed by atoms with van der Waals surface area (Å²) in [5.74, 6) is -2.38. The van der Waals surface area contributed by atoms with Crippen LogP contribution < -0.4 is 4.74 Å². The second-order valence-corrected chi connectivity index (χ2v) is 4.84. The van der Waals surface area contributed by atoms with Crippen LogP contribution in [0.5, 0.6) is 5.75 Å². The lowest BCUT2D eigenvalue weighted by Crippen LogP contribution is -2.08. The Hall–Kier alpha value is -1.75. The van der Waals surface area contributed by atoms with E-state index >= 15 is 0 Å². The van der Waals surface area contributed by atoms with E-state index in [1.165, 1.54) is 18.4 Å². The van der Waals surface area contributed by atoms with Gasteiger partial charge in [0, 0.05) is 12.1 Å². The number of aryl methyl sites for hydroxylation is 1. The van der Waals surface area contributed by atoms with Gasteiger partial charge in [0.2, 0.25) is 5.78 Å². The summed E-state index contributed by atoms with van der Waals surface area (Å²) in [6.45, 7) is 1.89. The molecule has 0 amide bonds. The number of thiophene rings is 1. The minimum Gasteiger partial charge on any atom is -0.497 e. The average Bonchev–Trinajstić information content (AvgIpc) is 2.85. The molecule has 2 rings (SSSR count). The maximum atomic E-state index is 13.8. The third-order valence-corrected chi connectivity index (χ3v) is 3.77. The Kier molecular flexibility index (Phi) is 3.95. The first-order valence-corrected chi connectivity index (χ1v) is 6.60. The number of carbonyl (C=O) groups is 1. The fourth-order valence-corrected chi connectivity index (χ4v) is 2.75. The summed E-state index contributed by atoms with van der Waals surface area (Å²) in [5.41, 5.74) is 0.266. The third kappa shape index (κ3) is 2.51. The fourth-order valence-electron chi connectivity index (χ4n) is 1.81. The first-order chi connectivity index (χ1) is 9.08. The van der Waals surface area contributed by atoms with Crippen LogP contribution in [0.1, 0.15) is 27.7 Å². The van der Waals surface area contributed by atoms with Crippen molar-refractivity contribution in [2.45, 2.75) is 13.3 Å². The van der Waals surface area contributed by atoms with Gasteiger partial charge in [-0.2, -0.15) is 0 Å². The molecule has 1 heterocycles. The predicted molar refractivity (Wildman–Crippen MR) is 70.0 cm³/mol. The zero-order valence-electron chi connectivity index (χ0n) is 10.5. The standard InChI is InChI=1S/C14H12F2O2S/c1-3-8-4-5-19-14(8)13(17)12-10(15)6-9(18-2)7-11(12)16/h4-7H,3H2,1-2H3. The highest BCUT2D eigenvalue weighted by molar-refractivity contribution is 7.12. The summed E-state index contributed by atoms with van der Waals surface area (Å²) in [4.78, 5) is 12.6. The Balaban J connectivity index is 2.50. The first kappa shape index (κ1) is 13.7. The number of carbonyl (C=O) groups excluding carboxylic acids is 1. The minimum atomic E-state index is -0.905. The molecule has 1 aromatic heterocycles. The van der Waals surface area contributed by atoms with Crippen LogP contribution in [0.15, 0.2) is 23.6 Å². The number of hydrogen-bond acceptors (Lipinski definition) is 3. The van der Waals surface area contributed by atoms with Gasteiger partial charge in [0.1, 0.15) is 17.4 Å². The molecule has 1 aromatic carbocycles. The normalized spacial score (nSPS) is 10.5. The monoisotopic (exact) mass is 282 g/mol. The molecule has 0 aliphatic carbocycles. The lowest BCUT2D eigenvalue weighted by Gasteiger charge is -2.07. The maximum Gasteiger partial charge on any atom is 0.209 e. The highest BCUT2D eigenvalue weighted by Crippen LogP contribution is 2.26. The van der Waals surface area contributed by atoms with Crippen molar-refractivity contribution in [3.8, 4) is 5.75 Å². The van der Waals surface area contributed by atoms with E-state index in [1.54, 1.807) is 11.4 Å². The average molecular weight is 282 g/mol. The predicted octanol–water partition coefficient (Wildman–Crippen LogP) is 3.83. The number of ketones is 1. The molecule has 2 nitrogen and oxygen atoms in total. The Morgan fingerprint density at radius 3 is 2.47 bits per heavy atom. The summed E-state index contributed by atoms with van der Waals surface area (Å²) in [6.07, 6.45) is 0.643. The van der Waals surface area contributed by atoms with E-state index in [9.17, 15) is 13.6 Å². The smallest absolute Gasteiger partial charge is 0.209 e. The molecule has 0 saturated carbocycles. The van der Waals surface area contributed by atoms with Crippen LogP contribution in [0.3, 0.4) is 0 Å². The van der Waals surface area contributed by atoms with E-state index in [1.807, 2.05) is 6.92 Å². The van der Waals surface area contributed by atoms with Crippen molar-refractivity contribution >= 4 is 17.1 Å². The molecule has 0 atom stereocenters. The van der Waals surface area contributed by atoms with Crippen LogP contribution in [-0.4, -0.2) is 12.9 Å². The van der Waals surface area contributed by atoms with Gasteiger partial charge >= 0.3 is 0 Å². The van der Waals surface area contributed by atoms with Gasteiger partial charge in [-0.3, -0.25) is 4.79 Å². The molecule has 5 heteroatoms. The van der Waals surface area contributed by atoms with E-state index in [4.69, 9.17) is 4.74 Å². The zero-order chi connectivity index (χ0) is 14.0. The van der Waals surface area contributed by atoms with E-state index < -0.39 is 23.0 Å². The van der Waals surface area contributed by atoms with Crippen LogP contribution in [0.2, 0.25) is 0 Å². The number of benzene rings is 1. The Labute approximate surface area is 113 Å². The van der Waals surface area contributed by atoms with Crippen molar-refractivity contribution < 1.29 is 18.3 Å². The molecule has 0 N–H and O–H groups in total. The second-order valence-electron chi connectivity index (χ2n) is 3.92. The summed E-state index contributed by atoms with van der Waals surface area (Å²) in [6, 6.07) is 3.81. The Morgan fingerprint density at radius 1 is 1.32 bits per heavy atom. The molecule has 2 aromatic rings. The lowest BCUT2D eigenvalue weighted by atomic mass is 10.0. The van der Waals surface area contributed by atoms with E-state index in [2.05, 4.69) is 0 Å². The fraction of sp³-hybridized carbons (Fsp3) is 0.214. The van der Waals surface area contributed by atoms with Gasteiger partial charge in [-0.05, 0) is 23.4 Å². The highest BCUT2D eigenvalue weighted by Gasteiger charge is 2.23. The van der Waals surface area contributed by atoms with Crippen molar-refractivity contribution in [1.29, 1.82) is 0 Å². The van der Waals surface area contributed by atoms with Gasteiger partial charge in [-0.1, -0.05) is 6.92 Å². The number of rotatable bonds is 4. The van der Waals surface area contributed by atoms with Crippen molar-refractivity contribution in [3.63, 3.8) is 0 Å². The molecular formula is C14H12F2O2S. The second kappa shape index (κ2) is 5.48.